The van der Waals surface area contributed by atoms with Gasteiger partial charge in [-0.05, 0) is 31.0 Å². The van der Waals surface area contributed by atoms with Crippen LogP contribution in [-0.4, -0.2) is 27.2 Å². The Hall–Kier alpha value is -2.44. The molecular weight excluding hydrogens is 292 g/mol. The number of hydrazine groups is 2. The Morgan fingerprint density at radius 3 is 2.57 bits per heavy atom. The normalized spacial score (nSPS) is 11.9. The zero-order chi connectivity index (χ0) is 16.7. The average molecular weight is 314 g/mol. The largest absolute Gasteiger partial charge is 0.464 e. The molecule has 0 saturated heterocycles. The third kappa shape index (κ3) is 4.77. The minimum Gasteiger partial charge on any atom is -0.464 e. The first-order valence-corrected chi connectivity index (χ1v) is 7.62. The summed E-state index contributed by atoms with van der Waals surface area (Å²) in [6.07, 6.45) is 1.50. The topological polar surface area (TPSA) is 77.5 Å². The molecule has 1 aromatic carbocycles. The molecule has 6 nitrogen and oxygen atoms in total. The molecule has 1 unspecified atom stereocenters. The highest BCUT2D eigenvalue weighted by Crippen LogP contribution is 2.16. The zero-order valence-electron chi connectivity index (χ0n) is 13.4. The summed E-state index contributed by atoms with van der Waals surface area (Å²) in [5.74, 6) is 0. The maximum absolute atomic E-state index is 11.2. The van der Waals surface area contributed by atoms with Gasteiger partial charge < -0.3 is 5.11 Å². The van der Waals surface area contributed by atoms with Crippen molar-refractivity contribution in [2.24, 2.45) is 0 Å². The van der Waals surface area contributed by atoms with Gasteiger partial charge in [-0.15, -0.1) is 0 Å². The van der Waals surface area contributed by atoms with Gasteiger partial charge in [-0.25, -0.2) is 15.2 Å². The van der Waals surface area contributed by atoms with Crippen molar-refractivity contribution in [3.63, 3.8) is 0 Å². The molecule has 1 aromatic heterocycles. The Labute approximate surface area is 136 Å². The Balaban J connectivity index is 1.90. The van der Waals surface area contributed by atoms with Gasteiger partial charge in [0.2, 0.25) is 0 Å². The number of nitrogens with one attached hydrogen (secondary N) is 2. The van der Waals surface area contributed by atoms with E-state index in [4.69, 9.17) is 5.11 Å². The van der Waals surface area contributed by atoms with E-state index in [0.717, 1.165) is 23.2 Å². The number of carbonyl (C=O) groups is 1. The van der Waals surface area contributed by atoms with E-state index in [0.29, 0.717) is 6.54 Å². The molecule has 1 amide bonds. The number of aromatic nitrogens is 1. The number of pyridine rings is 1. The van der Waals surface area contributed by atoms with Crippen LogP contribution in [0.3, 0.4) is 0 Å². The van der Waals surface area contributed by atoms with Crippen molar-refractivity contribution in [2.45, 2.75) is 32.9 Å². The van der Waals surface area contributed by atoms with Gasteiger partial charge in [0, 0.05) is 18.3 Å². The van der Waals surface area contributed by atoms with Crippen molar-refractivity contribution < 1.29 is 9.90 Å². The minimum atomic E-state index is -1.00. The van der Waals surface area contributed by atoms with E-state index in [2.05, 4.69) is 15.9 Å². The predicted molar refractivity (Wildman–Crippen MR) is 89.3 cm³/mol. The third-order valence-electron chi connectivity index (χ3n) is 3.64. The molecule has 2 rings (SSSR count). The summed E-state index contributed by atoms with van der Waals surface area (Å²) in [6.45, 7) is 4.31. The third-order valence-corrected chi connectivity index (χ3v) is 3.64. The lowest BCUT2D eigenvalue weighted by Crippen LogP contribution is -2.53. The summed E-state index contributed by atoms with van der Waals surface area (Å²) in [5, 5.41) is 10.3. The van der Waals surface area contributed by atoms with Crippen molar-refractivity contribution in [1.29, 1.82) is 0 Å². The molecule has 0 bridgehead atoms. The van der Waals surface area contributed by atoms with Gasteiger partial charge in [-0.1, -0.05) is 37.3 Å². The molecule has 0 saturated carbocycles. The number of amides is 1. The van der Waals surface area contributed by atoms with Gasteiger partial charge in [0.05, 0.1) is 11.7 Å². The summed E-state index contributed by atoms with van der Waals surface area (Å²) < 4.78 is 0. The molecule has 0 radical (unpaired) electrons. The molecule has 0 aliphatic carbocycles. The van der Waals surface area contributed by atoms with Crippen LogP contribution in [0.15, 0.2) is 48.7 Å². The summed E-state index contributed by atoms with van der Waals surface area (Å²) in [7, 11) is 0. The van der Waals surface area contributed by atoms with E-state index in [1.54, 1.807) is 6.20 Å². The fourth-order valence-electron chi connectivity index (χ4n) is 2.08. The quantitative estimate of drug-likeness (QED) is 0.685. The molecule has 0 aliphatic rings. The molecule has 0 fully saturated rings. The number of hydrogen-bond donors (Lipinski definition) is 3. The molecule has 1 atom stereocenters. The maximum Gasteiger partial charge on any atom is 0.423 e. The van der Waals surface area contributed by atoms with E-state index < -0.39 is 6.09 Å². The summed E-state index contributed by atoms with van der Waals surface area (Å²) >= 11 is 0. The van der Waals surface area contributed by atoms with Crippen molar-refractivity contribution in [2.75, 3.05) is 0 Å². The Kier molecular flexibility index (Phi) is 6.08. The van der Waals surface area contributed by atoms with Crippen LogP contribution >= 0.6 is 0 Å². The van der Waals surface area contributed by atoms with E-state index in [9.17, 15) is 4.79 Å². The molecule has 1 heterocycles. The monoisotopic (exact) mass is 314 g/mol. The summed E-state index contributed by atoms with van der Waals surface area (Å²) in [4.78, 5) is 15.5. The first kappa shape index (κ1) is 16.9. The second kappa shape index (κ2) is 8.26. The highest BCUT2D eigenvalue weighted by atomic mass is 16.4. The molecule has 0 aliphatic heterocycles. The van der Waals surface area contributed by atoms with E-state index >= 15 is 0 Å². The standard InChI is InChI=1S/C17H22N4O2/c1-3-13(2)21(17(22)23)20-19-12-14-7-9-15(10-8-14)16-6-4-5-11-18-16/h4-11,13,19-20H,3,12H2,1-2H3,(H,22,23). The number of hydrogen-bond acceptors (Lipinski definition) is 4. The lowest BCUT2D eigenvalue weighted by Gasteiger charge is -2.26. The summed E-state index contributed by atoms with van der Waals surface area (Å²) in [6, 6.07) is 13.7. The van der Waals surface area contributed by atoms with Gasteiger partial charge in [0.1, 0.15) is 0 Å². The average Bonchev–Trinajstić information content (AvgIpc) is 2.59. The van der Waals surface area contributed by atoms with E-state index in [1.165, 1.54) is 5.01 Å². The van der Waals surface area contributed by atoms with Crippen molar-refractivity contribution >= 4 is 6.09 Å². The van der Waals surface area contributed by atoms with Crippen molar-refractivity contribution in [3.05, 3.63) is 54.2 Å². The number of rotatable bonds is 7. The fraction of sp³-hybridized carbons (Fsp3) is 0.294. The maximum atomic E-state index is 11.2. The summed E-state index contributed by atoms with van der Waals surface area (Å²) in [5.41, 5.74) is 8.70. The molecule has 122 valence electrons. The fourth-order valence-corrected chi connectivity index (χ4v) is 2.08. The SMILES string of the molecule is CCC(C)N(NNCc1ccc(-c2ccccn2)cc1)C(=O)O. The van der Waals surface area contributed by atoms with Crippen molar-refractivity contribution in [3.8, 4) is 11.3 Å². The van der Waals surface area contributed by atoms with Crippen LogP contribution in [0.1, 0.15) is 25.8 Å². The van der Waals surface area contributed by atoms with Gasteiger partial charge in [-0.3, -0.25) is 4.98 Å². The molecule has 0 spiro atoms. The highest BCUT2D eigenvalue weighted by Gasteiger charge is 2.16. The van der Waals surface area contributed by atoms with Crippen LogP contribution in [0.4, 0.5) is 4.79 Å². The molecule has 3 N–H and O–H groups in total. The Morgan fingerprint density at radius 1 is 1.26 bits per heavy atom. The van der Waals surface area contributed by atoms with Gasteiger partial charge in [0.15, 0.2) is 0 Å². The highest BCUT2D eigenvalue weighted by molar-refractivity contribution is 5.64. The second-order valence-corrected chi connectivity index (χ2v) is 5.29. The smallest absolute Gasteiger partial charge is 0.423 e. The van der Waals surface area contributed by atoms with Crippen LogP contribution in [0.5, 0.6) is 0 Å². The van der Waals surface area contributed by atoms with Gasteiger partial charge in [-0.2, -0.15) is 5.53 Å². The molecular formula is C17H22N4O2. The number of nitrogens with zero attached hydrogens (tertiary/aromatic N) is 2. The van der Waals surface area contributed by atoms with Gasteiger partial charge in [0.25, 0.3) is 0 Å². The first-order chi connectivity index (χ1) is 11.1. The van der Waals surface area contributed by atoms with E-state index in [-0.39, 0.29) is 6.04 Å². The Morgan fingerprint density at radius 2 is 2.00 bits per heavy atom. The molecule has 2 aromatic rings. The van der Waals surface area contributed by atoms with Crippen molar-refractivity contribution in [1.82, 2.24) is 21.0 Å². The predicted octanol–water partition coefficient (Wildman–Crippen LogP) is 3.04. The van der Waals surface area contributed by atoms with Crippen LogP contribution in [-0.2, 0) is 6.54 Å². The van der Waals surface area contributed by atoms with Crippen LogP contribution in [0, 0.1) is 0 Å². The number of carboxylic acid groups (broad SMARTS) is 1. The zero-order valence-corrected chi connectivity index (χ0v) is 13.4. The van der Waals surface area contributed by atoms with E-state index in [1.807, 2.05) is 56.3 Å². The Bertz CT molecular complexity index is 616. The van der Waals surface area contributed by atoms with Gasteiger partial charge >= 0.3 is 6.09 Å². The lowest BCUT2D eigenvalue weighted by atomic mass is 10.1. The second-order valence-electron chi connectivity index (χ2n) is 5.29. The first-order valence-electron chi connectivity index (χ1n) is 7.62. The minimum absolute atomic E-state index is 0.105. The number of benzene rings is 1. The lowest BCUT2D eigenvalue weighted by molar-refractivity contribution is 0.0804. The molecule has 23 heavy (non-hydrogen) atoms. The van der Waals surface area contributed by atoms with Crippen LogP contribution < -0.4 is 11.0 Å². The molecule has 6 heteroatoms. The van der Waals surface area contributed by atoms with Crippen LogP contribution in [0.25, 0.3) is 11.3 Å². The van der Waals surface area contributed by atoms with Crippen LogP contribution in [0.2, 0.25) is 0 Å².